The monoisotopic (exact) mass is 203 g/mol. The second kappa shape index (κ2) is 3.59. The number of hydrogen-bond donors (Lipinski definition) is 3. The topological polar surface area (TPSA) is 83.6 Å². The number of aromatic hydroxyl groups is 1. The van der Waals surface area contributed by atoms with Crippen LogP contribution in [0.1, 0.15) is 11.6 Å². The van der Waals surface area contributed by atoms with E-state index in [2.05, 4.69) is 0 Å². The van der Waals surface area contributed by atoms with Gasteiger partial charge in [-0.25, -0.2) is 8.78 Å². The number of carbonyl (C=O) groups is 1. The molecule has 6 heteroatoms. The highest BCUT2D eigenvalue weighted by atomic mass is 19.1. The number of benzene rings is 1. The number of rotatable bonds is 2. The molecule has 0 fully saturated rings. The number of nitrogens with two attached hydrogens (primary N) is 1. The van der Waals surface area contributed by atoms with Gasteiger partial charge in [-0.2, -0.15) is 0 Å². The van der Waals surface area contributed by atoms with Crippen molar-refractivity contribution < 1.29 is 23.8 Å². The van der Waals surface area contributed by atoms with E-state index in [0.717, 1.165) is 0 Å². The molecule has 0 aliphatic heterocycles. The first kappa shape index (κ1) is 10.4. The summed E-state index contributed by atoms with van der Waals surface area (Å²) in [6.45, 7) is 0. The maximum Gasteiger partial charge on any atom is 0.325 e. The highest BCUT2D eigenvalue weighted by molar-refractivity contribution is 5.75. The fourth-order valence-electron chi connectivity index (χ4n) is 0.992. The Labute approximate surface area is 77.6 Å². The largest absolute Gasteiger partial charge is 0.508 e. The SMILES string of the molecule is NC(C(=O)O)c1c(F)cc(O)cc1F. The van der Waals surface area contributed by atoms with Gasteiger partial charge in [0.2, 0.25) is 0 Å². The van der Waals surface area contributed by atoms with Gasteiger partial charge < -0.3 is 15.9 Å². The molecule has 1 rings (SSSR count). The van der Waals surface area contributed by atoms with Crippen LogP contribution in [0.4, 0.5) is 8.78 Å². The zero-order chi connectivity index (χ0) is 10.9. The van der Waals surface area contributed by atoms with Gasteiger partial charge in [-0.3, -0.25) is 4.79 Å². The van der Waals surface area contributed by atoms with E-state index in [9.17, 15) is 13.6 Å². The minimum absolute atomic E-state index is 0.598. The number of hydrogen-bond acceptors (Lipinski definition) is 3. The van der Waals surface area contributed by atoms with Crippen molar-refractivity contribution in [2.24, 2.45) is 5.73 Å². The lowest BCUT2D eigenvalue weighted by molar-refractivity contribution is -0.138. The Morgan fingerprint density at radius 3 is 2.14 bits per heavy atom. The Bertz CT molecular complexity index is 358. The molecule has 1 unspecified atom stereocenters. The third kappa shape index (κ3) is 1.80. The zero-order valence-electron chi connectivity index (χ0n) is 6.87. The third-order valence-electron chi connectivity index (χ3n) is 1.64. The number of phenolic OH excluding ortho intramolecular Hbond substituents is 1. The van der Waals surface area contributed by atoms with Gasteiger partial charge in [0.1, 0.15) is 23.4 Å². The predicted molar refractivity (Wildman–Crippen MR) is 42.6 cm³/mol. The van der Waals surface area contributed by atoms with Crippen molar-refractivity contribution >= 4 is 5.97 Å². The van der Waals surface area contributed by atoms with Gasteiger partial charge >= 0.3 is 5.97 Å². The molecule has 0 aromatic heterocycles. The minimum Gasteiger partial charge on any atom is -0.508 e. The van der Waals surface area contributed by atoms with E-state index < -0.39 is 35.0 Å². The molecule has 0 bridgehead atoms. The summed E-state index contributed by atoms with van der Waals surface area (Å²) in [7, 11) is 0. The van der Waals surface area contributed by atoms with Gasteiger partial charge in [-0.15, -0.1) is 0 Å². The molecular weight excluding hydrogens is 196 g/mol. The number of aliphatic carboxylic acids is 1. The van der Waals surface area contributed by atoms with E-state index in [-0.39, 0.29) is 0 Å². The summed E-state index contributed by atoms with van der Waals surface area (Å²) in [4.78, 5) is 10.4. The quantitative estimate of drug-likeness (QED) is 0.662. The molecular formula is C8H7F2NO3. The summed E-state index contributed by atoms with van der Waals surface area (Å²) in [5.41, 5.74) is 4.26. The van der Waals surface area contributed by atoms with E-state index in [4.69, 9.17) is 15.9 Å². The van der Waals surface area contributed by atoms with E-state index in [1.807, 2.05) is 0 Å². The Morgan fingerprint density at radius 1 is 1.36 bits per heavy atom. The standard InChI is InChI=1S/C8H7F2NO3/c9-4-1-3(12)2-5(10)6(4)7(11)8(13)14/h1-2,7,12H,11H2,(H,13,14). The van der Waals surface area contributed by atoms with Gasteiger partial charge in [0.05, 0.1) is 5.56 Å². The number of carboxylic acids is 1. The Balaban J connectivity index is 3.27. The fourth-order valence-corrected chi connectivity index (χ4v) is 0.992. The second-order valence-electron chi connectivity index (χ2n) is 2.64. The molecule has 0 aliphatic rings. The van der Waals surface area contributed by atoms with Crippen LogP contribution in [-0.4, -0.2) is 16.2 Å². The van der Waals surface area contributed by atoms with Gasteiger partial charge in [0, 0.05) is 12.1 Å². The highest BCUT2D eigenvalue weighted by Crippen LogP contribution is 2.23. The van der Waals surface area contributed by atoms with Crippen LogP contribution >= 0.6 is 0 Å². The van der Waals surface area contributed by atoms with E-state index in [1.54, 1.807) is 0 Å². The van der Waals surface area contributed by atoms with Crippen LogP contribution in [0.15, 0.2) is 12.1 Å². The predicted octanol–water partition coefficient (Wildman–Crippen LogP) is 0.755. The normalized spacial score (nSPS) is 12.5. The first-order valence-corrected chi connectivity index (χ1v) is 3.59. The van der Waals surface area contributed by atoms with Crippen LogP contribution in [0.2, 0.25) is 0 Å². The van der Waals surface area contributed by atoms with Crippen molar-refractivity contribution in [3.05, 3.63) is 29.3 Å². The fraction of sp³-hybridized carbons (Fsp3) is 0.125. The van der Waals surface area contributed by atoms with Crippen LogP contribution in [-0.2, 0) is 4.79 Å². The summed E-state index contributed by atoms with van der Waals surface area (Å²) in [5, 5.41) is 17.2. The molecule has 0 saturated carbocycles. The molecule has 0 radical (unpaired) electrons. The molecule has 0 spiro atoms. The van der Waals surface area contributed by atoms with Gasteiger partial charge in [0.15, 0.2) is 0 Å². The van der Waals surface area contributed by atoms with Gasteiger partial charge in [0.25, 0.3) is 0 Å². The molecule has 1 aromatic rings. The van der Waals surface area contributed by atoms with E-state index in [1.165, 1.54) is 0 Å². The van der Waals surface area contributed by atoms with Crippen molar-refractivity contribution in [1.82, 2.24) is 0 Å². The number of phenols is 1. The maximum absolute atomic E-state index is 13.0. The Kier molecular flexibility index (Phi) is 2.66. The van der Waals surface area contributed by atoms with Crippen molar-refractivity contribution in [3.8, 4) is 5.75 Å². The lowest BCUT2D eigenvalue weighted by atomic mass is 10.1. The smallest absolute Gasteiger partial charge is 0.325 e. The average Bonchev–Trinajstić information content (AvgIpc) is 2.01. The van der Waals surface area contributed by atoms with E-state index in [0.29, 0.717) is 12.1 Å². The molecule has 1 aromatic carbocycles. The third-order valence-corrected chi connectivity index (χ3v) is 1.64. The van der Waals surface area contributed by atoms with Gasteiger partial charge in [-0.1, -0.05) is 0 Å². The molecule has 76 valence electrons. The van der Waals surface area contributed by atoms with Crippen LogP contribution in [0, 0.1) is 11.6 Å². The summed E-state index contributed by atoms with van der Waals surface area (Å²) in [6.07, 6.45) is 0. The number of halogens is 2. The lowest BCUT2D eigenvalue weighted by Crippen LogP contribution is -2.23. The van der Waals surface area contributed by atoms with Crippen molar-refractivity contribution in [2.75, 3.05) is 0 Å². The molecule has 0 amide bonds. The summed E-state index contributed by atoms with van der Waals surface area (Å²) in [6, 6.07) is -0.585. The summed E-state index contributed by atoms with van der Waals surface area (Å²) >= 11 is 0. The Morgan fingerprint density at radius 2 is 1.79 bits per heavy atom. The van der Waals surface area contributed by atoms with Gasteiger partial charge in [-0.05, 0) is 0 Å². The summed E-state index contributed by atoms with van der Waals surface area (Å²) in [5.74, 6) is -4.54. The van der Waals surface area contributed by atoms with Crippen molar-refractivity contribution in [3.63, 3.8) is 0 Å². The van der Waals surface area contributed by atoms with Crippen LogP contribution in [0.3, 0.4) is 0 Å². The van der Waals surface area contributed by atoms with Crippen LogP contribution in [0.25, 0.3) is 0 Å². The first-order valence-electron chi connectivity index (χ1n) is 3.59. The maximum atomic E-state index is 13.0. The van der Waals surface area contributed by atoms with Crippen LogP contribution in [0.5, 0.6) is 5.75 Å². The molecule has 1 atom stereocenters. The van der Waals surface area contributed by atoms with Crippen LogP contribution < -0.4 is 5.73 Å². The summed E-state index contributed by atoms with van der Waals surface area (Å²) < 4.78 is 26.0. The lowest BCUT2D eigenvalue weighted by Gasteiger charge is -2.09. The second-order valence-corrected chi connectivity index (χ2v) is 2.64. The minimum atomic E-state index is -1.78. The molecule has 4 N–H and O–H groups in total. The van der Waals surface area contributed by atoms with Crippen molar-refractivity contribution in [2.45, 2.75) is 6.04 Å². The molecule has 0 heterocycles. The molecule has 0 aliphatic carbocycles. The first-order chi connectivity index (χ1) is 6.43. The van der Waals surface area contributed by atoms with Crippen molar-refractivity contribution in [1.29, 1.82) is 0 Å². The zero-order valence-corrected chi connectivity index (χ0v) is 6.87. The number of carboxylic acid groups (broad SMARTS) is 1. The molecule has 14 heavy (non-hydrogen) atoms. The Hall–Kier alpha value is -1.69. The average molecular weight is 203 g/mol. The molecule has 4 nitrogen and oxygen atoms in total. The highest BCUT2D eigenvalue weighted by Gasteiger charge is 2.23. The molecule has 0 saturated heterocycles. The van der Waals surface area contributed by atoms with E-state index >= 15 is 0 Å².